The quantitative estimate of drug-likeness (QED) is 0.715. The first-order valence-corrected chi connectivity index (χ1v) is 3.98. The third-order valence-electron chi connectivity index (χ3n) is 1.37. The van der Waals surface area contributed by atoms with Crippen LogP contribution in [0.15, 0.2) is 18.2 Å². The smallest absolute Gasteiger partial charge is 0.120 e. The number of anilines is 1. The first-order valence-electron chi connectivity index (χ1n) is 3.60. The fourth-order valence-corrected chi connectivity index (χ4v) is 1.06. The number of hydrogen-bond acceptors (Lipinski definition) is 3. The van der Waals surface area contributed by atoms with E-state index in [1.807, 2.05) is 12.4 Å². The summed E-state index contributed by atoms with van der Waals surface area (Å²) in [5, 5.41) is 9.00. The van der Waals surface area contributed by atoms with Crippen LogP contribution in [0.5, 0.6) is 5.75 Å². The summed E-state index contributed by atoms with van der Waals surface area (Å²) in [5.41, 5.74) is 2.45. The molecule has 0 spiro atoms. The number of benzene rings is 1. The molecule has 0 radical (unpaired) electrons. The summed E-state index contributed by atoms with van der Waals surface area (Å²) in [4.78, 5) is 0. The number of halogens is 1. The van der Waals surface area contributed by atoms with E-state index in [9.17, 15) is 0 Å². The molecule has 0 saturated carbocycles. The molecular weight excluding hydrogens is 178 g/mol. The highest BCUT2D eigenvalue weighted by atomic mass is 35.5. The third-order valence-corrected chi connectivity index (χ3v) is 1.68. The zero-order valence-corrected chi connectivity index (χ0v) is 7.43. The lowest BCUT2D eigenvalue weighted by atomic mass is 10.3. The Bertz CT molecular complexity index is 265. The fourth-order valence-electron chi connectivity index (χ4n) is 0.843. The van der Waals surface area contributed by atoms with Crippen molar-refractivity contribution in [1.29, 1.82) is 0 Å². The Balaban J connectivity index is 2.86. The van der Waals surface area contributed by atoms with E-state index in [-0.39, 0.29) is 0 Å². The van der Waals surface area contributed by atoms with Crippen molar-refractivity contribution < 1.29 is 9.94 Å². The maximum Gasteiger partial charge on any atom is 0.120 e. The largest absolute Gasteiger partial charge is 0.494 e. The van der Waals surface area contributed by atoms with Crippen molar-refractivity contribution >= 4 is 17.3 Å². The fraction of sp³-hybridized carbons (Fsp3) is 0.250. The number of rotatable bonds is 3. The standard InChI is InChI=1S/C8H10ClNO2/c1-2-12-6-3-4-8(10-11)7(9)5-6/h3-5,10-11H,2H2,1H3. The zero-order valence-electron chi connectivity index (χ0n) is 6.67. The molecule has 0 fully saturated rings. The summed E-state index contributed by atoms with van der Waals surface area (Å²) in [6.07, 6.45) is 0. The summed E-state index contributed by atoms with van der Waals surface area (Å²) in [7, 11) is 0. The number of nitrogens with one attached hydrogen (secondary N) is 1. The van der Waals surface area contributed by atoms with Crippen molar-refractivity contribution in [1.82, 2.24) is 0 Å². The highest BCUT2D eigenvalue weighted by molar-refractivity contribution is 6.33. The summed E-state index contributed by atoms with van der Waals surface area (Å²) in [6, 6.07) is 5.02. The maximum absolute atomic E-state index is 8.56. The SMILES string of the molecule is CCOc1ccc(NO)c(Cl)c1. The molecule has 12 heavy (non-hydrogen) atoms. The lowest BCUT2D eigenvalue weighted by Crippen LogP contribution is -1.93. The van der Waals surface area contributed by atoms with Gasteiger partial charge in [-0.15, -0.1) is 0 Å². The molecule has 0 saturated heterocycles. The van der Waals surface area contributed by atoms with Crippen LogP contribution in [0, 0.1) is 0 Å². The minimum atomic E-state index is 0.434. The minimum Gasteiger partial charge on any atom is -0.494 e. The Hall–Kier alpha value is -0.930. The second-order valence-corrected chi connectivity index (χ2v) is 2.59. The Labute approximate surface area is 75.9 Å². The molecule has 0 bridgehead atoms. The van der Waals surface area contributed by atoms with E-state index >= 15 is 0 Å². The van der Waals surface area contributed by atoms with Gasteiger partial charge in [-0.05, 0) is 19.1 Å². The van der Waals surface area contributed by atoms with Crippen molar-refractivity contribution in [3.63, 3.8) is 0 Å². The average Bonchev–Trinajstić information content (AvgIpc) is 2.05. The van der Waals surface area contributed by atoms with Gasteiger partial charge in [0.15, 0.2) is 0 Å². The highest BCUT2D eigenvalue weighted by Gasteiger charge is 2.00. The topological polar surface area (TPSA) is 41.5 Å². The van der Waals surface area contributed by atoms with Crippen LogP contribution in [-0.2, 0) is 0 Å². The van der Waals surface area contributed by atoms with Gasteiger partial charge in [0.25, 0.3) is 0 Å². The molecule has 4 heteroatoms. The Kier molecular flexibility index (Phi) is 3.19. The Morgan fingerprint density at radius 3 is 2.83 bits per heavy atom. The van der Waals surface area contributed by atoms with Crippen molar-refractivity contribution in [2.75, 3.05) is 12.1 Å². The lowest BCUT2D eigenvalue weighted by molar-refractivity contribution is 0.340. The molecule has 0 aliphatic heterocycles. The van der Waals surface area contributed by atoms with Crippen LogP contribution in [-0.4, -0.2) is 11.8 Å². The Morgan fingerprint density at radius 1 is 1.58 bits per heavy atom. The molecule has 0 unspecified atom stereocenters. The molecule has 3 nitrogen and oxygen atoms in total. The van der Waals surface area contributed by atoms with Crippen molar-refractivity contribution in [2.45, 2.75) is 6.92 Å². The molecule has 0 atom stereocenters. The predicted molar refractivity (Wildman–Crippen MR) is 48.0 cm³/mol. The zero-order chi connectivity index (χ0) is 8.97. The van der Waals surface area contributed by atoms with Gasteiger partial charge >= 0.3 is 0 Å². The van der Waals surface area contributed by atoms with E-state index in [4.69, 9.17) is 21.5 Å². The van der Waals surface area contributed by atoms with Crippen molar-refractivity contribution in [3.8, 4) is 5.75 Å². The van der Waals surface area contributed by atoms with E-state index in [2.05, 4.69) is 0 Å². The molecule has 0 aromatic heterocycles. The number of hydrogen-bond donors (Lipinski definition) is 2. The van der Waals surface area contributed by atoms with Gasteiger partial charge in [-0.3, -0.25) is 10.7 Å². The maximum atomic E-state index is 8.56. The average molecular weight is 188 g/mol. The van der Waals surface area contributed by atoms with E-state index in [1.54, 1.807) is 18.2 Å². The van der Waals surface area contributed by atoms with Crippen LogP contribution in [0.25, 0.3) is 0 Å². The van der Waals surface area contributed by atoms with Crippen LogP contribution < -0.4 is 10.2 Å². The summed E-state index contributed by atoms with van der Waals surface area (Å²) >= 11 is 5.76. The molecule has 2 N–H and O–H groups in total. The van der Waals surface area contributed by atoms with E-state index in [0.717, 1.165) is 0 Å². The van der Waals surface area contributed by atoms with Crippen LogP contribution in [0.2, 0.25) is 5.02 Å². The summed E-state index contributed by atoms with van der Waals surface area (Å²) < 4.78 is 5.19. The molecule has 0 aliphatic rings. The lowest BCUT2D eigenvalue weighted by Gasteiger charge is -2.05. The molecular formula is C8H10ClNO2. The van der Waals surface area contributed by atoms with Crippen LogP contribution in [0.1, 0.15) is 6.92 Å². The van der Waals surface area contributed by atoms with Crippen LogP contribution >= 0.6 is 11.6 Å². The monoisotopic (exact) mass is 187 g/mol. The van der Waals surface area contributed by atoms with Gasteiger partial charge in [-0.1, -0.05) is 11.6 Å². The first-order chi connectivity index (χ1) is 5.77. The van der Waals surface area contributed by atoms with E-state index in [1.165, 1.54) is 0 Å². The molecule has 0 heterocycles. The van der Waals surface area contributed by atoms with Crippen molar-refractivity contribution in [2.24, 2.45) is 0 Å². The molecule has 1 aromatic carbocycles. The molecule has 0 aliphatic carbocycles. The summed E-state index contributed by atoms with van der Waals surface area (Å²) in [5.74, 6) is 0.696. The van der Waals surface area contributed by atoms with Gasteiger partial charge in [0.05, 0.1) is 17.3 Å². The second-order valence-electron chi connectivity index (χ2n) is 2.19. The second kappa shape index (κ2) is 4.18. The van der Waals surface area contributed by atoms with Crippen LogP contribution in [0.4, 0.5) is 5.69 Å². The molecule has 1 aromatic rings. The van der Waals surface area contributed by atoms with Gasteiger partial charge in [0.1, 0.15) is 5.75 Å². The normalized spacial score (nSPS) is 9.58. The molecule has 66 valence electrons. The molecule has 1 rings (SSSR count). The van der Waals surface area contributed by atoms with Gasteiger partial charge in [-0.2, -0.15) is 0 Å². The van der Waals surface area contributed by atoms with Gasteiger partial charge in [0, 0.05) is 6.07 Å². The van der Waals surface area contributed by atoms with Crippen molar-refractivity contribution in [3.05, 3.63) is 23.2 Å². The van der Waals surface area contributed by atoms with Gasteiger partial charge in [-0.25, -0.2) is 0 Å². The minimum absolute atomic E-state index is 0.434. The van der Waals surface area contributed by atoms with E-state index < -0.39 is 0 Å². The third kappa shape index (κ3) is 2.03. The van der Waals surface area contributed by atoms with E-state index in [0.29, 0.717) is 23.1 Å². The predicted octanol–water partition coefficient (Wildman–Crippen LogP) is 2.54. The molecule has 0 amide bonds. The number of ether oxygens (including phenoxy) is 1. The van der Waals surface area contributed by atoms with Gasteiger partial charge < -0.3 is 4.74 Å². The van der Waals surface area contributed by atoms with Gasteiger partial charge in [0.2, 0.25) is 0 Å². The first kappa shape index (κ1) is 9.16. The Morgan fingerprint density at radius 2 is 2.33 bits per heavy atom. The van der Waals surface area contributed by atoms with Crippen LogP contribution in [0.3, 0.4) is 0 Å². The summed E-state index contributed by atoms with van der Waals surface area (Å²) in [6.45, 7) is 2.49. The highest BCUT2D eigenvalue weighted by Crippen LogP contribution is 2.25.